The van der Waals surface area contributed by atoms with Crippen LogP contribution in [0.15, 0.2) is 34.9 Å². The zero-order valence-corrected chi connectivity index (χ0v) is 16.1. The molecule has 1 aliphatic rings. The van der Waals surface area contributed by atoms with Crippen LogP contribution in [-0.2, 0) is 13.0 Å². The number of carbonyl (C=O) groups excluding carboxylic acids is 1. The molecule has 0 saturated carbocycles. The Labute approximate surface area is 162 Å². The highest BCUT2D eigenvalue weighted by Gasteiger charge is 2.27. The third kappa shape index (κ3) is 3.49. The molecule has 1 amide bonds. The molecule has 0 spiro atoms. The van der Waals surface area contributed by atoms with Crippen LogP contribution in [0.25, 0.3) is 0 Å². The minimum atomic E-state index is -0.232. The molecule has 1 N–H and O–H groups in total. The lowest BCUT2D eigenvalue weighted by Gasteiger charge is -2.24. The standard InChI is InChI=1S/C20H21ClN4O2/c1-12-19(27-13(2)23-12)20(26)24-17-8-5-9-18-15(17)10-22-25(18)11-14-6-3-4-7-16(14)21/h3-4,6-7,10,17H,5,8-9,11H2,1-2H3,(H,24,26)/t17-/m0/s1. The van der Waals surface area contributed by atoms with Gasteiger partial charge < -0.3 is 9.73 Å². The molecular formula is C20H21ClN4O2. The molecule has 1 aromatic carbocycles. The summed E-state index contributed by atoms with van der Waals surface area (Å²) < 4.78 is 7.43. The number of fused-ring (bicyclic) bond motifs is 1. The zero-order chi connectivity index (χ0) is 19.0. The number of hydrogen-bond donors (Lipinski definition) is 1. The van der Waals surface area contributed by atoms with Crippen molar-refractivity contribution in [1.82, 2.24) is 20.1 Å². The third-order valence-corrected chi connectivity index (χ3v) is 5.32. The quantitative estimate of drug-likeness (QED) is 0.737. The van der Waals surface area contributed by atoms with Crippen molar-refractivity contribution in [2.24, 2.45) is 0 Å². The summed E-state index contributed by atoms with van der Waals surface area (Å²) in [6, 6.07) is 7.71. The van der Waals surface area contributed by atoms with Gasteiger partial charge in [-0.05, 0) is 37.8 Å². The van der Waals surface area contributed by atoms with E-state index in [1.165, 1.54) is 0 Å². The number of amides is 1. The first-order chi connectivity index (χ1) is 13.0. The van der Waals surface area contributed by atoms with Crippen molar-refractivity contribution >= 4 is 17.5 Å². The maximum atomic E-state index is 12.6. The lowest BCUT2D eigenvalue weighted by Crippen LogP contribution is -2.31. The Bertz CT molecular complexity index is 992. The third-order valence-electron chi connectivity index (χ3n) is 4.96. The van der Waals surface area contributed by atoms with Crippen molar-refractivity contribution in [3.63, 3.8) is 0 Å². The van der Waals surface area contributed by atoms with Crippen molar-refractivity contribution < 1.29 is 9.21 Å². The van der Waals surface area contributed by atoms with Gasteiger partial charge in [0.25, 0.3) is 5.91 Å². The van der Waals surface area contributed by atoms with E-state index in [2.05, 4.69) is 15.4 Å². The number of aryl methyl sites for hydroxylation is 2. The summed E-state index contributed by atoms with van der Waals surface area (Å²) in [5.74, 6) is 0.544. The van der Waals surface area contributed by atoms with E-state index in [0.29, 0.717) is 18.1 Å². The van der Waals surface area contributed by atoms with Crippen LogP contribution in [0.2, 0.25) is 5.02 Å². The Balaban J connectivity index is 1.56. The van der Waals surface area contributed by atoms with Gasteiger partial charge in [0.1, 0.15) is 0 Å². The van der Waals surface area contributed by atoms with Crippen LogP contribution in [0.3, 0.4) is 0 Å². The Morgan fingerprint density at radius 3 is 2.93 bits per heavy atom. The fraction of sp³-hybridized carbons (Fsp3) is 0.350. The van der Waals surface area contributed by atoms with Gasteiger partial charge in [-0.3, -0.25) is 9.48 Å². The highest BCUT2D eigenvalue weighted by atomic mass is 35.5. The number of aromatic nitrogens is 3. The molecule has 1 aliphatic carbocycles. The molecule has 0 aliphatic heterocycles. The molecule has 4 rings (SSSR count). The summed E-state index contributed by atoms with van der Waals surface area (Å²) in [7, 11) is 0. The first-order valence-corrected chi connectivity index (χ1v) is 9.43. The molecule has 140 valence electrons. The molecule has 0 saturated heterocycles. The molecule has 0 bridgehead atoms. The Hall–Kier alpha value is -2.60. The Kier molecular flexibility index (Phi) is 4.74. The fourth-order valence-corrected chi connectivity index (χ4v) is 3.85. The molecule has 0 unspecified atom stereocenters. The van der Waals surface area contributed by atoms with Gasteiger partial charge >= 0.3 is 0 Å². The second-order valence-corrected chi connectivity index (χ2v) is 7.27. The predicted molar refractivity (Wildman–Crippen MR) is 102 cm³/mol. The van der Waals surface area contributed by atoms with E-state index < -0.39 is 0 Å². The van der Waals surface area contributed by atoms with E-state index in [9.17, 15) is 4.79 Å². The fourth-order valence-electron chi connectivity index (χ4n) is 3.66. The van der Waals surface area contributed by atoms with Crippen molar-refractivity contribution in [2.75, 3.05) is 0 Å². The van der Waals surface area contributed by atoms with E-state index in [1.54, 1.807) is 13.8 Å². The topological polar surface area (TPSA) is 73.0 Å². The number of benzene rings is 1. The van der Waals surface area contributed by atoms with Crippen LogP contribution in [0.4, 0.5) is 0 Å². The lowest BCUT2D eigenvalue weighted by molar-refractivity contribution is 0.0902. The number of nitrogens with one attached hydrogen (secondary N) is 1. The van der Waals surface area contributed by atoms with Gasteiger partial charge in [-0.15, -0.1) is 0 Å². The molecule has 3 aromatic rings. The summed E-state index contributed by atoms with van der Waals surface area (Å²) in [6.07, 6.45) is 4.66. The first kappa shape index (κ1) is 17.8. The molecular weight excluding hydrogens is 364 g/mol. The maximum absolute atomic E-state index is 12.6. The summed E-state index contributed by atoms with van der Waals surface area (Å²) in [6.45, 7) is 4.14. The largest absolute Gasteiger partial charge is 0.436 e. The van der Waals surface area contributed by atoms with Gasteiger partial charge in [0.15, 0.2) is 5.89 Å². The maximum Gasteiger partial charge on any atom is 0.289 e. The monoisotopic (exact) mass is 384 g/mol. The summed E-state index contributed by atoms with van der Waals surface area (Å²) >= 11 is 6.29. The van der Waals surface area contributed by atoms with Gasteiger partial charge in [-0.1, -0.05) is 29.8 Å². The highest BCUT2D eigenvalue weighted by molar-refractivity contribution is 6.31. The van der Waals surface area contributed by atoms with Crippen LogP contribution in [0.1, 0.15) is 57.8 Å². The van der Waals surface area contributed by atoms with Crippen LogP contribution in [-0.4, -0.2) is 20.7 Å². The average Bonchev–Trinajstić information content (AvgIpc) is 3.20. The van der Waals surface area contributed by atoms with Crippen molar-refractivity contribution in [3.05, 3.63) is 69.7 Å². The summed E-state index contributed by atoms with van der Waals surface area (Å²) in [5.41, 5.74) is 3.85. The number of carbonyl (C=O) groups is 1. The van der Waals surface area contributed by atoms with E-state index >= 15 is 0 Å². The van der Waals surface area contributed by atoms with E-state index in [0.717, 1.165) is 41.1 Å². The smallest absolute Gasteiger partial charge is 0.289 e. The average molecular weight is 385 g/mol. The minimum Gasteiger partial charge on any atom is -0.436 e. The van der Waals surface area contributed by atoms with E-state index in [1.807, 2.05) is 35.1 Å². The van der Waals surface area contributed by atoms with Gasteiger partial charge in [0.05, 0.1) is 24.5 Å². The Morgan fingerprint density at radius 2 is 2.19 bits per heavy atom. The zero-order valence-electron chi connectivity index (χ0n) is 15.3. The van der Waals surface area contributed by atoms with Crippen molar-refractivity contribution in [1.29, 1.82) is 0 Å². The predicted octanol–water partition coefficient (Wildman–Crippen LogP) is 4.00. The lowest BCUT2D eigenvalue weighted by atomic mass is 9.92. The summed E-state index contributed by atoms with van der Waals surface area (Å²) in [5, 5.41) is 8.37. The summed E-state index contributed by atoms with van der Waals surface area (Å²) in [4.78, 5) is 16.8. The van der Waals surface area contributed by atoms with Gasteiger partial charge in [0, 0.05) is 23.2 Å². The molecule has 0 radical (unpaired) electrons. The number of halogens is 1. The molecule has 0 fully saturated rings. The molecule has 2 heterocycles. The molecule has 27 heavy (non-hydrogen) atoms. The van der Waals surface area contributed by atoms with E-state index in [-0.39, 0.29) is 17.7 Å². The number of nitrogens with zero attached hydrogens (tertiary/aromatic N) is 3. The van der Waals surface area contributed by atoms with Gasteiger partial charge in [-0.25, -0.2) is 4.98 Å². The number of oxazole rings is 1. The van der Waals surface area contributed by atoms with E-state index in [4.69, 9.17) is 16.0 Å². The van der Waals surface area contributed by atoms with Crippen molar-refractivity contribution in [2.45, 2.75) is 45.7 Å². The van der Waals surface area contributed by atoms with Gasteiger partial charge in [-0.2, -0.15) is 5.10 Å². The van der Waals surface area contributed by atoms with Crippen molar-refractivity contribution in [3.8, 4) is 0 Å². The van der Waals surface area contributed by atoms with Crippen LogP contribution in [0, 0.1) is 13.8 Å². The molecule has 7 heteroatoms. The second-order valence-electron chi connectivity index (χ2n) is 6.86. The van der Waals surface area contributed by atoms with Gasteiger partial charge in [0.2, 0.25) is 5.76 Å². The number of hydrogen-bond acceptors (Lipinski definition) is 4. The highest BCUT2D eigenvalue weighted by Crippen LogP contribution is 2.31. The first-order valence-electron chi connectivity index (χ1n) is 9.06. The Morgan fingerprint density at radius 1 is 1.37 bits per heavy atom. The normalized spacial score (nSPS) is 16.2. The minimum absolute atomic E-state index is 0.0777. The molecule has 2 aromatic heterocycles. The molecule has 1 atom stereocenters. The number of rotatable bonds is 4. The second kappa shape index (κ2) is 7.19. The van der Waals surface area contributed by atoms with Crippen LogP contribution >= 0.6 is 11.6 Å². The van der Waals surface area contributed by atoms with Crippen LogP contribution in [0.5, 0.6) is 0 Å². The van der Waals surface area contributed by atoms with Crippen LogP contribution < -0.4 is 5.32 Å². The molecule has 6 nitrogen and oxygen atoms in total. The SMILES string of the molecule is Cc1nc(C)c(C(=O)N[C@H]2CCCc3c2cnn3Cc2ccccc2Cl)o1.